The first-order valence-electron chi connectivity index (χ1n) is 12.7. The van der Waals surface area contributed by atoms with Crippen LogP contribution in [0.1, 0.15) is 59.3 Å². The number of ether oxygens (including phenoxy) is 2. The highest BCUT2D eigenvalue weighted by Gasteiger charge is 2.75. The number of hydrogen-bond acceptors (Lipinski definition) is 8. The fourth-order valence-corrected chi connectivity index (χ4v) is 8.59. The lowest BCUT2D eigenvalue weighted by molar-refractivity contribution is -0.200. The van der Waals surface area contributed by atoms with E-state index in [-0.39, 0.29) is 23.5 Å². The SMILES string of the molecule is CCC[C@@H]1O[C@@H]2CC3C4CCC5=CC(=O)C=CC5(C)C4[C@@H](O)CC3(C)[C@]2(C(=O)COS(C)(=O)=O)O1. The molecule has 8 nitrogen and oxygen atoms in total. The number of fused-ring (bicyclic) bond motifs is 7. The van der Waals surface area contributed by atoms with E-state index in [0.29, 0.717) is 19.3 Å². The molecule has 1 N–H and O–H groups in total. The molecule has 0 spiro atoms. The van der Waals surface area contributed by atoms with Gasteiger partial charge < -0.3 is 14.6 Å². The van der Waals surface area contributed by atoms with E-state index in [1.165, 1.54) is 0 Å². The normalized spacial score (nSPS) is 46.4. The molecular weight excluding hydrogens is 472 g/mol. The van der Waals surface area contributed by atoms with Crippen molar-refractivity contribution in [1.29, 1.82) is 0 Å². The van der Waals surface area contributed by atoms with Gasteiger partial charge in [0.05, 0.1) is 18.5 Å². The minimum Gasteiger partial charge on any atom is -0.393 e. The first-order chi connectivity index (χ1) is 16.4. The maximum atomic E-state index is 13.8. The minimum absolute atomic E-state index is 0.0133. The van der Waals surface area contributed by atoms with Gasteiger partial charge in [0, 0.05) is 16.7 Å². The fourth-order valence-electron chi connectivity index (χ4n) is 8.27. The molecule has 5 rings (SSSR count). The van der Waals surface area contributed by atoms with Crippen LogP contribution in [0.4, 0.5) is 0 Å². The van der Waals surface area contributed by atoms with Crippen molar-refractivity contribution in [3.05, 3.63) is 23.8 Å². The molecule has 0 aromatic heterocycles. The number of Topliss-reactive ketones (excluding diaryl/α,β-unsaturated/α-hetero) is 1. The van der Waals surface area contributed by atoms with Gasteiger partial charge in [-0.3, -0.25) is 13.8 Å². The second-order valence-electron chi connectivity index (χ2n) is 11.5. The molecule has 5 unspecified atom stereocenters. The molecule has 4 aliphatic carbocycles. The summed E-state index contributed by atoms with van der Waals surface area (Å²) in [4.78, 5) is 25.8. The lowest BCUT2D eigenvalue weighted by Crippen LogP contribution is -2.63. The zero-order valence-corrected chi connectivity index (χ0v) is 21.7. The van der Waals surface area contributed by atoms with Crippen molar-refractivity contribution in [2.24, 2.45) is 28.6 Å². The molecule has 9 atom stereocenters. The Morgan fingerprint density at radius 2 is 2.06 bits per heavy atom. The predicted molar refractivity (Wildman–Crippen MR) is 127 cm³/mol. The van der Waals surface area contributed by atoms with E-state index >= 15 is 0 Å². The summed E-state index contributed by atoms with van der Waals surface area (Å²) >= 11 is 0. The Bertz CT molecular complexity index is 1090. The number of hydrogen-bond donors (Lipinski definition) is 1. The maximum absolute atomic E-state index is 13.8. The summed E-state index contributed by atoms with van der Waals surface area (Å²) in [6.45, 7) is 5.50. The van der Waals surface area contributed by atoms with Crippen LogP contribution in [0.25, 0.3) is 0 Å². The summed E-state index contributed by atoms with van der Waals surface area (Å²) in [6.07, 6.45) is 8.33. The molecule has 1 saturated heterocycles. The maximum Gasteiger partial charge on any atom is 0.264 e. The molecule has 0 bridgehead atoms. The fraction of sp³-hybridized carbons (Fsp3) is 0.769. The third-order valence-corrected chi connectivity index (χ3v) is 10.2. The van der Waals surface area contributed by atoms with Gasteiger partial charge in [-0.2, -0.15) is 8.42 Å². The zero-order chi connectivity index (χ0) is 25.4. The first kappa shape index (κ1) is 25.3. The van der Waals surface area contributed by atoms with Gasteiger partial charge in [0.15, 0.2) is 23.5 Å². The summed E-state index contributed by atoms with van der Waals surface area (Å²) in [6, 6.07) is 0. The zero-order valence-electron chi connectivity index (χ0n) is 20.9. The van der Waals surface area contributed by atoms with Crippen LogP contribution < -0.4 is 0 Å². The molecule has 194 valence electrons. The minimum atomic E-state index is -3.82. The number of aliphatic hydroxyl groups excluding tert-OH is 1. The summed E-state index contributed by atoms with van der Waals surface area (Å²) in [5.41, 5.74) is -1.47. The largest absolute Gasteiger partial charge is 0.393 e. The average Bonchev–Trinajstić information content (AvgIpc) is 3.24. The lowest BCUT2D eigenvalue weighted by Gasteiger charge is -2.59. The standard InChI is InChI=1S/C26H36O8S/c1-5-6-22-33-21-12-18-17-8-7-15-11-16(27)9-10-24(15,2)23(17)19(28)13-25(18,3)26(21,34-22)20(29)14-32-35(4,30)31/h9-11,17-19,21-23,28H,5-8,12-14H2,1-4H3/t17?,18?,19-,21+,22+,23?,24?,25?,26+/m0/s1. The Morgan fingerprint density at radius 1 is 1.31 bits per heavy atom. The van der Waals surface area contributed by atoms with Crippen LogP contribution in [0.3, 0.4) is 0 Å². The molecule has 0 aromatic rings. The van der Waals surface area contributed by atoms with Gasteiger partial charge in [0.25, 0.3) is 10.1 Å². The van der Waals surface area contributed by atoms with Crippen molar-refractivity contribution in [3.63, 3.8) is 0 Å². The van der Waals surface area contributed by atoms with E-state index < -0.39 is 57.4 Å². The van der Waals surface area contributed by atoms with Crippen LogP contribution in [0.5, 0.6) is 0 Å². The van der Waals surface area contributed by atoms with Crippen LogP contribution in [0, 0.1) is 28.6 Å². The Labute approximate surface area is 207 Å². The average molecular weight is 509 g/mol. The van der Waals surface area contributed by atoms with Crippen LogP contribution in [-0.2, 0) is 33.4 Å². The number of allylic oxidation sites excluding steroid dienone is 4. The second kappa shape index (κ2) is 8.31. The van der Waals surface area contributed by atoms with E-state index in [0.717, 1.165) is 31.1 Å². The van der Waals surface area contributed by atoms with Crippen LogP contribution in [-0.4, -0.2) is 62.1 Å². The highest BCUT2D eigenvalue weighted by Crippen LogP contribution is 2.69. The monoisotopic (exact) mass is 508 g/mol. The molecule has 1 heterocycles. The topological polar surface area (TPSA) is 116 Å². The predicted octanol–water partition coefficient (Wildman–Crippen LogP) is 2.70. The number of carbonyl (C=O) groups is 2. The Kier molecular flexibility index (Phi) is 6.00. The number of ketones is 2. The van der Waals surface area contributed by atoms with Gasteiger partial charge in [-0.25, -0.2) is 0 Å². The van der Waals surface area contributed by atoms with Crippen LogP contribution >= 0.6 is 0 Å². The molecule has 4 fully saturated rings. The molecule has 0 aromatic carbocycles. The van der Waals surface area contributed by atoms with Gasteiger partial charge in [0.2, 0.25) is 0 Å². The molecule has 9 heteroatoms. The number of carbonyl (C=O) groups excluding carboxylic acids is 2. The third-order valence-electron chi connectivity index (χ3n) is 9.63. The summed E-state index contributed by atoms with van der Waals surface area (Å²) in [5, 5.41) is 11.7. The van der Waals surface area contributed by atoms with Crippen molar-refractivity contribution >= 4 is 21.7 Å². The van der Waals surface area contributed by atoms with Gasteiger partial charge in [-0.1, -0.05) is 38.8 Å². The molecule has 3 saturated carbocycles. The first-order valence-corrected chi connectivity index (χ1v) is 14.5. The van der Waals surface area contributed by atoms with Crippen molar-refractivity contribution in [2.45, 2.75) is 83.4 Å². The third kappa shape index (κ3) is 3.64. The van der Waals surface area contributed by atoms with Gasteiger partial charge >= 0.3 is 0 Å². The van der Waals surface area contributed by atoms with E-state index in [4.69, 9.17) is 13.7 Å². The van der Waals surface area contributed by atoms with Crippen molar-refractivity contribution in [2.75, 3.05) is 12.9 Å². The summed E-state index contributed by atoms with van der Waals surface area (Å²) in [5.74, 6) is -0.398. The number of aliphatic hydroxyl groups is 1. The Hall–Kier alpha value is -1.39. The second-order valence-corrected chi connectivity index (χ2v) is 13.2. The number of rotatable bonds is 6. The summed E-state index contributed by atoms with van der Waals surface area (Å²) < 4.78 is 41.1. The van der Waals surface area contributed by atoms with Crippen molar-refractivity contribution in [1.82, 2.24) is 0 Å². The summed E-state index contributed by atoms with van der Waals surface area (Å²) in [7, 11) is -3.82. The smallest absolute Gasteiger partial charge is 0.264 e. The van der Waals surface area contributed by atoms with Crippen molar-refractivity contribution < 1.29 is 36.8 Å². The molecular formula is C26H36O8S. The van der Waals surface area contributed by atoms with E-state index in [1.54, 1.807) is 12.2 Å². The quantitative estimate of drug-likeness (QED) is 0.545. The van der Waals surface area contributed by atoms with E-state index in [9.17, 15) is 23.1 Å². The molecule has 0 radical (unpaired) electrons. The van der Waals surface area contributed by atoms with E-state index in [2.05, 4.69) is 6.92 Å². The lowest BCUT2D eigenvalue weighted by atomic mass is 9.46. The molecule has 5 aliphatic rings. The molecule has 1 aliphatic heterocycles. The Balaban J connectivity index is 1.53. The van der Waals surface area contributed by atoms with Gasteiger partial charge in [-0.05, 0) is 56.1 Å². The van der Waals surface area contributed by atoms with Crippen molar-refractivity contribution in [3.8, 4) is 0 Å². The van der Waals surface area contributed by atoms with Crippen LogP contribution in [0.15, 0.2) is 23.8 Å². The molecule has 35 heavy (non-hydrogen) atoms. The van der Waals surface area contributed by atoms with E-state index in [1.807, 2.05) is 19.9 Å². The van der Waals surface area contributed by atoms with Gasteiger partial charge in [-0.15, -0.1) is 0 Å². The highest BCUT2D eigenvalue weighted by atomic mass is 32.2. The van der Waals surface area contributed by atoms with Gasteiger partial charge in [0.1, 0.15) is 6.61 Å². The molecule has 0 amide bonds. The highest BCUT2D eigenvalue weighted by molar-refractivity contribution is 7.86. The van der Waals surface area contributed by atoms with Crippen LogP contribution in [0.2, 0.25) is 0 Å². The Morgan fingerprint density at radius 3 is 2.74 bits per heavy atom.